The Morgan fingerprint density at radius 3 is 1.14 bits per heavy atom. The average molecular weight is 720 g/mol. The summed E-state index contributed by atoms with van der Waals surface area (Å²) in [5.74, 6) is -0.506. The van der Waals surface area contributed by atoms with E-state index in [9.17, 15) is 20.1 Å². The Balaban J connectivity index is 3.66. The largest absolute Gasteiger partial charge is 0.394 e. The predicted molar refractivity (Wildman–Crippen MR) is 222 cm³/mol. The fourth-order valence-electron chi connectivity index (χ4n) is 6.94. The molecule has 5 nitrogen and oxygen atoms in total. The molecule has 5 heteroatoms. The smallest absolute Gasteiger partial charge is 0.249 e. The topological polar surface area (TPSA) is 89.8 Å². The highest BCUT2D eigenvalue weighted by Crippen LogP contribution is 2.15. The van der Waals surface area contributed by atoms with E-state index in [0.29, 0.717) is 6.42 Å². The molecular formula is C46H89NO4. The van der Waals surface area contributed by atoms with E-state index in [4.69, 9.17) is 0 Å². The van der Waals surface area contributed by atoms with E-state index in [1.54, 1.807) is 6.08 Å². The highest BCUT2D eigenvalue weighted by molar-refractivity contribution is 5.80. The third-order valence-electron chi connectivity index (χ3n) is 10.5. The van der Waals surface area contributed by atoms with Gasteiger partial charge in [0.25, 0.3) is 0 Å². The lowest BCUT2D eigenvalue weighted by Gasteiger charge is -2.21. The van der Waals surface area contributed by atoms with Crippen molar-refractivity contribution in [3.8, 4) is 0 Å². The summed E-state index contributed by atoms with van der Waals surface area (Å²) in [7, 11) is 0. The summed E-state index contributed by atoms with van der Waals surface area (Å²) in [6.45, 7) is 4.19. The van der Waals surface area contributed by atoms with Gasteiger partial charge in [0, 0.05) is 0 Å². The second-order valence-electron chi connectivity index (χ2n) is 15.6. The van der Waals surface area contributed by atoms with Crippen LogP contribution in [0.2, 0.25) is 0 Å². The standard InChI is InChI=1S/C46H89NO4/c1-3-5-7-9-11-13-15-17-19-21-22-23-24-25-27-29-31-33-35-37-39-41-45(50)46(51)47-43(42-48)44(49)40-38-36-34-32-30-28-26-20-18-16-14-12-10-8-6-4-2/h24-25,38,40,43-45,48-50H,3-23,26-37,39,41-42H2,1-2H3,(H,47,51)/b25-24-,40-38+. The summed E-state index contributed by atoms with van der Waals surface area (Å²) >= 11 is 0. The van der Waals surface area contributed by atoms with Gasteiger partial charge in [-0.2, -0.15) is 0 Å². The monoisotopic (exact) mass is 720 g/mol. The Morgan fingerprint density at radius 1 is 0.471 bits per heavy atom. The maximum atomic E-state index is 12.5. The second-order valence-corrected chi connectivity index (χ2v) is 15.6. The zero-order chi connectivity index (χ0) is 37.3. The fourth-order valence-corrected chi connectivity index (χ4v) is 6.94. The van der Waals surface area contributed by atoms with Crippen LogP contribution in [0.15, 0.2) is 24.3 Å². The van der Waals surface area contributed by atoms with Crippen molar-refractivity contribution in [3.05, 3.63) is 24.3 Å². The summed E-state index contributed by atoms with van der Waals surface area (Å²) in [6, 6.07) is -0.798. The quantitative estimate of drug-likeness (QED) is 0.0374. The van der Waals surface area contributed by atoms with Crippen LogP contribution in [-0.4, -0.2) is 46.1 Å². The average Bonchev–Trinajstić information content (AvgIpc) is 3.13. The first-order valence-electron chi connectivity index (χ1n) is 22.7. The molecule has 3 unspecified atom stereocenters. The molecule has 0 aliphatic rings. The van der Waals surface area contributed by atoms with Gasteiger partial charge in [-0.3, -0.25) is 4.79 Å². The molecule has 0 spiro atoms. The molecule has 0 radical (unpaired) electrons. The lowest BCUT2D eigenvalue weighted by Crippen LogP contribution is -2.48. The Labute approximate surface area is 318 Å². The second kappa shape index (κ2) is 41.6. The number of amides is 1. The van der Waals surface area contributed by atoms with E-state index in [-0.39, 0.29) is 6.61 Å². The van der Waals surface area contributed by atoms with Crippen LogP contribution in [0.4, 0.5) is 0 Å². The molecule has 0 fully saturated rings. The number of hydrogen-bond donors (Lipinski definition) is 4. The van der Waals surface area contributed by atoms with Gasteiger partial charge in [-0.05, 0) is 44.9 Å². The van der Waals surface area contributed by atoms with E-state index >= 15 is 0 Å². The van der Waals surface area contributed by atoms with Gasteiger partial charge >= 0.3 is 0 Å². The maximum Gasteiger partial charge on any atom is 0.249 e. The molecule has 0 aliphatic carbocycles. The number of aliphatic hydroxyl groups is 3. The van der Waals surface area contributed by atoms with Crippen molar-refractivity contribution in [3.63, 3.8) is 0 Å². The fraction of sp³-hybridized carbons (Fsp3) is 0.891. The summed E-state index contributed by atoms with van der Waals surface area (Å²) in [5, 5.41) is 33.2. The van der Waals surface area contributed by atoms with Crippen LogP contribution in [0.5, 0.6) is 0 Å². The van der Waals surface area contributed by atoms with Gasteiger partial charge < -0.3 is 20.6 Å². The maximum absolute atomic E-state index is 12.5. The molecule has 0 saturated carbocycles. The summed E-state index contributed by atoms with van der Waals surface area (Å²) < 4.78 is 0. The third kappa shape index (κ3) is 37.0. The van der Waals surface area contributed by atoms with Gasteiger partial charge in [-0.1, -0.05) is 218 Å². The summed E-state index contributed by atoms with van der Waals surface area (Å²) in [5.41, 5.74) is 0. The van der Waals surface area contributed by atoms with Gasteiger partial charge in [0.15, 0.2) is 0 Å². The Kier molecular flexibility index (Phi) is 40.6. The van der Waals surface area contributed by atoms with Gasteiger partial charge in [-0.25, -0.2) is 0 Å². The van der Waals surface area contributed by atoms with Crippen molar-refractivity contribution in [2.75, 3.05) is 6.61 Å². The Hall–Kier alpha value is -1.17. The number of hydrogen-bond acceptors (Lipinski definition) is 4. The number of carbonyl (C=O) groups excluding carboxylic acids is 1. The predicted octanol–water partition coefficient (Wildman–Crippen LogP) is 13.0. The first-order chi connectivity index (χ1) is 25.1. The zero-order valence-electron chi connectivity index (χ0n) is 34.2. The van der Waals surface area contributed by atoms with E-state index < -0.39 is 24.2 Å². The van der Waals surface area contributed by atoms with Crippen LogP contribution in [0.25, 0.3) is 0 Å². The van der Waals surface area contributed by atoms with Crippen molar-refractivity contribution < 1.29 is 20.1 Å². The zero-order valence-corrected chi connectivity index (χ0v) is 34.2. The molecule has 4 N–H and O–H groups in total. The Morgan fingerprint density at radius 2 is 0.784 bits per heavy atom. The molecule has 0 rings (SSSR count). The molecule has 3 atom stereocenters. The third-order valence-corrected chi connectivity index (χ3v) is 10.5. The van der Waals surface area contributed by atoms with Crippen molar-refractivity contribution in [1.82, 2.24) is 5.32 Å². The normalized spacial score (nSPS) is 13.7. The summed E-state index contributed by atoms with van der Waals surface area (Å²) in [6.07, 6.45) is 50.7. The van der Waals surface area contributed by atoms with E-state index in [2.05, 4.69) is 31.3 Å². The van der Waals surface area contributed by atoms with Crippen LogP contribution in [0, 0.1) is 0 Å². The first-order valence-corrected chi connectivity index (χ1v) is 22.7. The molecule has 1 amide bonds. The molecule has 0 bridgehead atoms. The number of carbonyl (C=O) groups is 1. The van der Waals surface area contributed by atoms with Crippen molar-refractivity contribution >= 4 is 5.91 Å². The van der Waals surface area contributed by atoms with Crippen LogP contribution in [0.1, 0.15) is 239 Å². The lowest BCUT2D eigenvalue weighted by atomic mass is 10.0. The highest BCUT2D eigenvalue weighted by Gasteiger charge is 2.22. The molecule has 0 aromatic rings. The molecule has 0 saturated heterocycles. The number of rotatable bonds is 41. The van der Waals surface area contributed by atoms with Gasteiger partial charge in [0.1, 0.15) is 6.10 Å². The molecule has 0 aliphatic heterocycles. The van der Waals surface area contributed by atoms with E-state index in [1.807, 2.05) is 6.08 Å². The van der Waals surface area contributed by atoms with Gasteiger partial charge in [0.2, 0.25) is 5.91 Å². The van der Waals surface area contributed by atoms with Crippen LogP contribution < -0.4 is 5.32 Å². The summed E-state index contributed by atoms with van der Waals surface area (Å²) in [4.78, 5) is 12.5. The minimum atomic E-state index is -1.10. The van der Waals surface area contributed by atoms with Crippen molar-refractivity contribution in [2.24, 2.45) is 0 Å². The van der Waals surface area contributed by atoms with E-state index in [1.165, 1.54) is 186 Å². The molecule has 0 aromatic carbocycles. The first kappa shape index (κ1) is 49.8. The number of aliphatic hydroxyl groups excluding tert-OH is 3. The van der Waals surface area contributed by atoms with Crippen LogP contribution >= 0.6 is 0 Å². The SMILES string of the molecule is CCCCCCCCCCCCC/C=C\CCCCCCCCC(O)C(=O)NC(CO)C(O)/C=C/CCCCCCCCCCCCCCCC. The van der Waals surface area contributed by atoms with Gasteiger partial charge in [-0.15, -0.1) is 0 Å². The molecule has 302 valence electrons. The minimum absolute atomic E-state index is 0.364. The number of allylic oxidation sites excluding steroid dienone is 3. The van der Waals surface area contributed by atoms with Crippen LogP contribution in [0.3, 0.4) is 0 Å². The molecule has 51 heavy (non-hydrogen) atoms. The van der Waals surface area contributed by atoms with E-state index in [0.717, 1.165) is 32.1 Å². The molecule has 0 heterocycles. The van der Waals surface area contributed by atoms with Gasteiger partial charge in [0.05, 0.1) is 18.8 Å². The van der Waals surface area contributed by atoms with Crippen molar-refractivity contribution in [1.29, 1.82) is 0 Å². The van der Waals surface area contributed by atoms with Crippen molar-refractivity contribution in [2.45, 2.75) is 257 Å². The van der Waals surface area contributed by atoms with Crippen LogP contribution in [-0.2, 0) is 4.79 Å². The number of unbranched alkanes of at least 4 members (excludes halogenated alkanes) is 31. The minimum Gasteiger partial charge on any atom is -0.394 e. The number of nitrogens with one attached hydrogen (secondary N) is 1. The molecular weight excluding hydrogens is 631 g/mol. The molecule has 0 aromatic heterocycles. The Bertz CT molecular complexity index is 754. The lowest BCUT2D eigenvalue weighted by molar-refractivity contribution is -0.131. The highest BCUT2D eigenvalue weighted by atomic mass is 16.3.